The monoisotopic (exact) mass is 479 g/mol. The highest BCUT2D eigenvalue weighted by Crippen LogP contribution is 2.45. The first-order valence-corrected chi connectivity index (χ1v) is 13.2. The number of carbonyl (C=O) groups excluding carboxylic acids is 1. The molecule has 36 heavy (non-hydrogen) atoms. The van der Waals surface area contributed by atoms with Gasteiger partial charge in [0.05, 0.1) is 12.6 Å². The quantitative estimate of drug-likeness (QED) is 0.256. The SMILES string of the molecule is O=C(OCC1c2ccccc2-c2ccccc21)N1C2C=C(CCCOCc3ccccc3)CC1CC2. The Morgan fingerprint density at radius 3 is 2.28 bits per heavy atom. The summed E-state index contributed by atoms with van der Waals surface area (Å²) in [6.45, 7) is 1.82. The molecule has 2 atom stereocenters. The maximum absolute atomic E-state index is 13.2. The lowest BCUT2D eigenvalue weighted by atomic mass is 9.97. The van der Waals surface area contributed by atoms with Crippen molar-refractivity contribution in [3.63, 3.8) is 0 Å². The minimum absolute atomic E-state index is 0.103. The van der Waals surface area contributed by atoms with Gasteiger partial charge in [0.1, 0.15) is 6.61 Å². The fourth-order valence-electron chi connectivity index (χ4n) is 6.22. The molecule has 0 spiro atoms. The summed E-state index contributed by atoms with van der Waals surface area (Å²) in [4.78, 5) is 15.2. The summed E-state index contributed by atoms with van der Waals surface area (Å²) >= 11 is 0. The first kappa shape index (κ1) is 23.1. The third-order valence-corrected chi connectivity index (χ3v) is 7.92. The van der Waals surface area contributed by atoms with E-state index in [9.17, 15) is 4.79 Å². The zero-order valence-electron chi connectivity index (χ0n) is 20.6. The molecule has 2 aliphatic heterocycles. The van der Waals surface area contributed by atoms with Crippen LogP contribution in [-0.4, -0.2) is 36.3 Å². The molecule has 0 saturated carbocycles. The number of hydrogen-bond donors (Lipinski definition) is 0. The van der Waals surface area contributed by atoms with Gasteiger partial charge in [-0.3, -0.25) is 4.90 Å². The molecule has 3 aromatic carbocycles. The highest BCUT2D eigenvalue weighted by Gasteiger charge is 2.40. The Bertz CT molecular complexity index is 1210. The number of benzene rings is 3. The van der Waals surface area contributed by atoms with Gasteiger partial charge < -0.3 is 9.47 Å². The smallest absolute Gasteiger partial charge is 0.410 e. The molecule has 2 heterocycles. The number of rotatable bonds is 8. The highest BCUT2D eigenvalue weighted by molar-refractivity contribution is 5.79. The van der Waals surface area contributed by atoms with Crippen LogP contribution in [-0.2, 0) is 16.1 Å². The molecular weight excluding hydrogens is 446 g/mol. The molecule has 2 bridgehead atoms. The third kappa shape index (κ3) is 4.58. The van der Waals surface area contributed by atoms with E-state index in [1.54, 1.807) is 0 Å². The topological polar surface area (TPSA) is 38.8 Å². The van der Waals surface area contributed by atoms with Gasteiger partial charge in [-0.1, -0.05) is 90.5 Å². The van der Waals surface area contributed by atoms with Gasteiger partial charge in [-0.15, -0.1) is 0 Å². The molecule has 1 aliphatic carbocycles. The Morgan fingerprint density at radius 2 is 1.56 bits per heavy atom. The van der Waals surface area contributed by atoms with Crippen LogP contribution in [0.2, 0.25) is 0 Å². The van der Waals surface area contributed by atoms with Crippen LogP contribution in [0, 0.1) is 0 Å². The Balaban J connectivity index is 1.03. The van der Waals surface area contributed by atoms with Crippen molar-refractivity contribution in [2.24, 2.45) is 0 Å². The molecule has 0 N–H and O–H groups in total. The van der Waals surface area contributed by atoms with Crippen molar-refractivity contribution in [3.05, 3.63) is 107 Å². The predicted octanol–water partition coefficient (Wildman–Crippen LogP) is 7.10. The van der Waals surface area contributed by atoms with E-state index in [2.05, 4.69) is 66.7 Å². The van der Waals surface area contributed by atoms with Gasteiger partial charge in [0.25, 0.3) is 0 Å². The molecule has 1 amide bonds. The molecule has 3 aliphatic rings. The van der Waals surface area contributed by atoms with Crippen molar-refractivity contribution >= 4 is 6.09 Å². The molecule has 1 fully saturated rings. The number of hydrogen-bond acceptors (Lipinski definition) is 3. The molecule has 0 radical (unpaired) electrons. The first-order valence-electron chi connectivity index (χ1n) is 13.2. The molecule has 184 valence electrons. The van der Waals surface area contributed by atoms with Crippen molar-refractivity contribution in [1.29, 1.82) is 0 Å². The van der Waals surface area contributed by atoms with Gasteiger partial charge in [-0.05, 0) is 59.9 Å². The van der Waals surface area contributed by atoms with E-state index in [1.807, 2.05) is 23.1 Å². The zero-order valence-corrected chi connectivity index (χ0v) is 20.6. The largest absolute Gasteiger partial charge is 0.448 e. The van der Waals surface area contributed by atoms with E-state index in [-0.39, 0.29) is 24.1 Å². The second-order valence-electron chi connectivity index (χ2n) is 10.2. The van der Waals surface area contributed by atoms with Crippen LogP contribution in [0.3, 0.4) is 0 Å². The molecule has 0 aromatic heterocycles. The zero-order chi connectivity index (χ0) is 24.3. The van der Waals surface area contributed by atoms with Crippen molar-refractivity contribution in [1.82, 2.24) is 4.90 Å². The van der Waals surface area contributed by atoms with E-state index >= 15 is 0 Å². The summed E-state index contributed by atoms with van der Waals surface area (Å²) in [5.41, 5.74) is 7.70. The van der Waals surface area contributed by atoms with Crippen LogP contribution in [0.15, 0.2) is 90.5 Å². The predicted molar refractivity (Wildman–Crippen MR) is 142 cm³/mol. The fourth-order valence-corrected chi connectivity index (χ4v) is 6.22. The Hall–Kier alpha value is -3.37. The molecule has 4 nitrogen and oxygen atoms in total. The van der Waals surface area contributed by atoms with Crippen LogP contribution in [0.4, 0.5) is 4.79 Å². The van der Waals surface area contributed by atoms with Crippen LogP contribution in [0.5, 0.6) is 0 Å². The Morgan fingerprint density at radius 1 is 0.861 bits per heavy atom. The van der Waals surface area contributed by atoms with Crippen molar-refractivity contribution < 1.29 is 14.3 Å². The Kier molecular flexibility index (Phi) is 6.61. The van der Waals surface area contributed by atoms with E-state index < -0.39 is 0 Å². The van der Waals surface area contributed by atoms with Gasteiger partial charge in [0.15, 0.2) is 0 Å². The van der Waals surface area contributed by atoms with Crippen LogP contribution in [0.1, 0.15) is 54.7 Å². The fraction of sp³-hybridized carbons (Fsp3) is 0.344. The molecule has 1 saturated heterocycles. The number of nitrogens with zero attached hydrogens (tertiary/aromatic N) is 1. The van der Waals surface area contributed by atoms with E-state index in [0.29, 0.717) is 13.2 Å². The van der Waals surface area contributed by atoms with Gasteiger partial charge >= 0.3 is 6.09 Å². The normalized spacial score (nSPS) is 20.1. The maximum Gasteiger partial charge on any atom is 0.410 e. The lowest BCUT2D eigenvalue weighted by molar-refractivity contribution is 0.0844. The molecule has 6 rings (SSSR count). The minimum Gasteiger partial charge on any atom is -0.448 e. The maximum atomic E-state index is 13.2. The van der Waals surface area contributed by atoms with Crippen molar-refractivity contribution in [2.45, 2.75) is 56.7 Å². The minimum atomic E-state index is -0.161. The highest BCUT2D eigenvalue weighted by atomic mass is 16.6. The summed E-state index contributed by atoms with van der Waals surface area (Å²) < 4.78 is 11.8. The van der Waals surface area contributed by atoms with E-state index in [0.717, 1.165) is 38.7 Å². The van der Waals surface area contributed by atoms with Crippen LogP contribution >= 0.6 is 0 Å². The lowest BCUT2D eigenvalue weighted by Crippen LogP contribution is -2.43. The Labute approximate surface area is 213 Å². The summed E-state index contributed by atoms with van der Waals surface area (Å²) in [6.07, 6.45) is 7.26. The number of ether oxygens (including phenoxy) is 2. The number of amides is 1. The van der Waals surface area contributed by atoms with Crippen LogP contribution in [0.25, 0.3) is 11.1 Å². The van der Waals surface area contributed by atoms with Gasteiger partial charge in [0.2, 0.25) is 0 Å². The molecule has 3 aromatic rings. The van der Waals surface area contributed by atoms with Crippen molar-refractivity contribution in [2.75, 3.05) is 13.2 Å². The summed E-state index contributed by atoms with van der Waals surface area (Å²) in [7, 11) is 0. The average molecular weight is 480 g/mol. The summed E-state index contributed by atoms with van der Waals surface area (Å²) in [5.74, 6) is 0.103. The second-order valence-corrected chi connectivity index (χ2v) is 10.2. The number of fused-ring (bicyclic) bond motifs is 5. The number of carbonyl (C=O) groups is 1. The molecule has 2 unspecified atom stereocenters. The standard InChI is InChI=1S/C32H33NO3/c34-32(36-22-31-29-14-6-4-12-27(29)28-13-5-7-15-30(28)31)33-25-16-17-26(33)20-24(19-25)11-8-18-35-21-23-9-2-1-3-10-23/h1-7,9-10,12-15,19,25-26,31H,8,11,16-18,20-22H2. The molecular formula is C32H33NO3. The van der Waals surface area contributed by atoms with Crippen molar-refractivity contribution in [3.8, 4) is 11.1 Å². The lowest BCUT2D eigenvalue weighted by Gasteiger charge is -2.33. The van der Waals surface area contributed by atoms with Crippen LogP contribution < -0.4 is 0 Å². The first-order chi connectivity index (χ1) is 17.8. The third-order valence-electron chi connectivity index (χ3n) is 7.92. The second kappa shape index (κ2) is 10.3. The summed E-state index contributed by atoms with van der Waals surface area (Å²) in [6, 6.07) is 27.7. The van der Waals surface area contributed by atoms with Gasteiger partial charge in [-0.2, -0.15) is 0 Å². The van der Waals surface area contributed by atoms with E-state index in [1.165, 1.54) is 33.4 Å². The van der Waals surface area contributed by atoms with E-state index in [4.69, 9.17) is 9.47 Å². The van der Waals surface area contributed by atoms with Gasteiger partial charge in [0, 0.05) is 18.6 Å². The van der Waals surface area contributed by atoms with Gasteiger partial charge in [-0.25, -0.2) is 4.79 Å². The molecule has 4 heteroatoms. The average Bonchev–Trinajstić information content (AvgIpc) is 3.38. The summed E-state index contributed by atoms with van der Waals surface area (Å²) in [5, 5.41) is 0.